The first kappa shape index (κ1) is 36.3. The molecule has 6 rings (SSSR count). The van der Waals surface area contributed by atoms with Gasteiger partial charge < -0.3 is 36.3 Å². The number of aromatic nitrogens is 1. The fourth-order valence-electron chi connectivity index (χ4n) is 6.14. The van der Waals surface area contributed by atoms with E-state index in [-0.39, 0.29) is 28.6 Å². The molecule has 260 valence electrons. The van der Waals surface area contributed by atoms with Crippen LogP contribution in [0.25, 0.3) is 21.3 Å². The Morgan fingerprint density at radius 1 is 0.940 bits per heavy atom. The number of halogens is 2. The SMILES string of the molecule is O=C(CCN1CCC(NC(=O)Nc2ccccc2-c2ccccc2)CC1)Nc1c(I)cc(CNCCc2ccc(O)c3[nH]c(=O)sc23)cc1I. The first-order valence-electron chi connectivity index (χ1n) is 16.5. The van der Waals surface area contributed by atoms with Gasteiger partial charge in [-0.15, -0.1) is 0 Å². The van der Waals surface area contributed by atoms with Gasteiger partial charge in [-0.05, 0) is 112 Å². The van der Waals surface area contributed by atoms with E-state index in [1.807, 2.05) is 60.7 Å². The molecule has 10 nitrogen and oxygen atoms in total. The molecule has 0 atom stereocenters. The van der Waals surface area contributed by atoms with Crippen molar-refractivity contribution in [1.29, 1.82) is 0 Å². The fraction of sp³-hybridized carbons (Fsp3) is 0.270. The number of H-pyrrole nitrogens is 1. The third-order valence-electron chi connectivity index (χ3n) is 8.74. The maximum absolute atomic E-state index is 13.0. The number of benzene rings is 4. The molecule has 6 N–H and O–H groups in total. The van der Waals surface area contributed by atoms with E-state index in [9.17, 15) is 19.5 Å². The van der Waals surface area contributed by atoms with E-state index in [4.69, 9.17) is 0 Å². The monoisotopic (exact) mass is 916 g/mol. The van der Waals surface area contributed by atoms with E-state index in [0.29, 0.717) is 31.6 Å². The molecule has 5 aromatic rings. The highest BCUT2D eigenvalue weighted by atomic mass is 127. The molecule has 50 heavy (non-hydrogen) atoms. The number of nitrogens with zero attached hydrogens (tertiary/aromatic N) is 1. The van der Waals surface area contributed by atoms with Crippen molar-refractivity contribution in [2.45, 2.75) is 38.3 Å². The number of rotatable bonds is 12. The number of urea groups is 1. The van der Waals surface area contributed by atoms with Gasteiger partial charge in [0.15, 0.2) is 0 Å². The first-order chi connectivity index (χ1) is 24.2. The molecular weight excluding hydrogens is 878 g/mol. The van der Waals surface area contributed by atoms with Crippen LogP contribution in [-0.4, -0.2) is 59.1 Å². The number of likely N-dealkylation sites (tertiary alicyclic amines) is 1. The number of thiazole rings is 1. The average molecular weight is 917 g/mol. The van der Waals surface area contributed by atoms with Crippen LogP contribution in [-0.2, 0) is 17.8 Å². The van der Waals surface area contributed by atoms with Crippen LogP contribution in [0.1, 0.15) is 30.4 Å². The standard InChI is InChI=1S/C37H38I2N6O4S/c38-28-20-23(22-40-16-12-25-10-11-31(46)34-35(25)50-37(49)44-34)21-29(39)33(28)43-32(47)15-19-45-17-13-26(14-18-45)41-36(48)42-30-9-5-4-8-27(30)24-6-2-1-3-7-24/h1-11,20-21,26,40,46H,12-19,22H2,(H,43,47)(H,44,49)(H2,41,42,48). The summed E-state index contributed by atoms with van der Waals surface area (Å²) in [5.74, 6) is 0.0694. The molecule has 13 heteroatoms. The zero-order valence-electron chi connectivity index (χ0n) is 27.2. The average Bonchev–Trinajstić information content (AvgIpc) is 3.52. The summed E-state index contributed by atoms with van der Waals surface area (Å²) in [4.78, 5) is 42.4. The van der Waals surface area contributed by atoms with Crippen molar-refractivity contribution in [3.63, 3.8) is 0 Å². The summed E-state index contributed by atoms with van der Waals surface area (Å²) in [5, 5.41) is 22.8. The number of amides is 3. The molecule has 4 aromatic carbocycles. The Morgan fingerprint density at radius 3 is 2.42 bits per heavy atom. The Kier molecular flexibility index (Phi) is 12.4. The zero-order valence-corrected chi connectivity index (χ0v) is 32.4. The number of phenolic OH excluding ortho intramolecular Hbond substituents is 1. The van der Waals surface area contributed by atoms with Crippen LogP contribution in [0.2, 0.25) is 0 Å². The molecule has 0 aliphatic carbocycles. The lowest BCUT2D eigenvalue weighted by atomic mass is 10.0. The van der Waals surface area contributed by atoms with Gasteiger partial charge >= 0.3 is 10.9 Å². The number of carbonyl (C=O) groups is 2. The highest BCUT2D eigenvalue weighted by Gasteiger charge is 2.22. The Balaban J connectivity index is 0.912. The summed E-state index contributed by atoms with van der Waals surface area (Å²) in [6.07, 6.45) is 2.77. The van der Waals surface area contributed by atoms with Gasteiger partial charge in [-0.1, -0.05) is 65.9 Å². The number of nitrogens with one attached hydrogen (secondary N) is 5. The van der Waals surface area contributed by atoms with Crippen molar-refractivity contribution >= 4 is 90.0 Å². The molecule has 0 spiro atoms. The third-order valence-corrected chi connectivity index (χ3v) is 11.4. The second-order valence-corrected chi connectivity index (χ2v) is 15.6. The minimum absolute atomic E-state index is 0.0179. The molecule has 0 unspecified atom stereocenters. The summed E-state index contributed by atoms with van der Waals surface area (Å²) in [5.41, 5.74) is 6.27. The Hall–Kier alpha value is -3.51. The number of aromatic amines is 1. The van der Waals surface area contributed by atoms with Crippen molar-refractivity contribution in [3.8, 4) is 16.9 Å². The van der Waals surface area contributed by atoms with E-state index in [1.54, 1.807) is 6.07 Å². The molecule has 0 saturated carbocycles. The number of hydrogen-bond donors (Lipinski definition) is 6. The van der Waals surface area contributed by atoms with E-state index >= 15 is 0 Å². The largest absolute Gasteiger partial charge is 0.506 e. The highest BCUT2D eigenvalue weighted by molar-refractivity contribution is 14.1. The van der Waals surface area contributed by atoms with Gasteiger partial charge in [0.25, 0.3) is 0 Å². The van der Waals surface area contributed by atoms with Crippen LogP contribution in [0, 0.1) is 7.14 Å². The van der Waals surface area contributed by atoms with Gasteiger partial charge in [0.1, 0.15) is 11.3 Å². The number of carbonyl (C=O) groups excluding carboxylic acids is 2. The Morgan fingerprint density at radius 2 is 1.66 bits per heavy atom. The number of hydrogen-bond acceptors (Lipinski definition) is 7. The van der Waals surface area contributed by atoms with Gasteiger partial charge in [0, 0.05) is 51.3 Å². The van der Waals surface area contributed by atoms with Crippen LogP contribution in [0.3, 0.4) is 0 Å². The van der Waals surface area contributed by atoms with Crippen LogP contribution in [0.4, 0.5) is 16.2 Å². The molecule has 1 saturated heterocycles. The van der Waals surface area contributed by atoms with Crippen molar-refractivity contribution < 1.29 is 14.7 Å². The molecular formula is C37H38I2N6O4S. The molecule has 1 aliphatic heterocycles. The van der Waals surface area contributed by atoms with Crippen LogP contribution in [0.5, 0.6) is 5.75 Å². The minimum Gasteiger partial charge on any atom is -0.506 e. The lowest BCUT2D eigenvalue weighted by molar-refractivity contribution is -0.116. The van der Waals surface area contributed by atoms with E-state index in [0.717, 1.165) is 89.2 Å². The summed E-state index contributed by atoms with van der Waals surface area (Å²) in [6.45, 7) is 3.67. The summed E-state index contributed by atoms with van der Waals surface area (Å²) in [6, 6.07) is 25.3. The van der Waals surface area contributed by atoms with Gasteiger partial charge in [0.05, 0.1) is 16.1 Å². The summed E-state index contributed by atoms with van der Waals surface area (Å²) >= 11 is 5.66. The van der Waals surface area contributed by atoms with E-state index in [1.165, 1.54) is 0 Å². The van der Waals surface area contributed by atoms with Crippen molar-refractivity contribution in [3.05, 3.63) is 107 Å². The highest BCUT2D eigenvalue weighted by Crippen LogP contribution is 2.30. The topological polar surface area (TPSA) is 139 Å². The van der Waals surface area contributed by atoms with E-state index < -0.39 is 0 Å². The van der Waals surface area contributed by atoms with Crippen molar-refractivity contribution in [1.82, 2.24) is 20.5 Å². The number of phenols is 1. The van der Waals surface area contributed by atoms with Gasteiger partial charge in [0.2, 0.25) is 5.91 Å². The second-order valence-electron chi connectivity index (χ2n) is 12.2. The molecule has 1 fully saturated rings. The normalized spacial score (nSPS) is 13.7. The lowest BCUT2D eigenvalue weighted by Gasteiger charge is -2.32. The van der Waals surface area contributed by atoms with E-state index in [2.05, 4.69) is 88.5 Å². The maximum Gasteiger partial charge on any atom is 0.319 e. The van der Waals surface area contributed by atoms with Gasteiger partial charge in [-0.2, -0.15) is 0 Å². The second kappa shape index (κ2) is 17.1. The molecule has 0 bridgehead atoms. The smallest absolute Gasteiger partial charge is 0.319 e. The number of aromatic hydroxyl groups is 1. The summed E-state index contributed by atoms with van der Waals surface area (Å²) < 4.78 is 2.76. The fourth-order valence-corrected chi connectivity index (χ4v) is 9.20. The Bertz CT molecular complexity index is 2000. The zero-order chi connectivity index (χ0) is 35.0. The lowest BCUT2D eigenvalue weighted by Crippen LogP contribution is -2.46. The summed E-state index contributed by atoms with van der Waals surface area (Å²) in [7, 11) is 0. The van der Waals surface area contributed by atoms with Crippen LogP contribution >= 0.6 is 56.5 Å². The third kappa shape index (κ3) is 9.42. The number of fused-ring (bicyclic) bond motifs is 1. The number of para-hydroxylation sites is 1. The molecule has 0 radical (unpaired) electrons. The maximum atomic E-state index is 13.0. The first-order valence-corrected chi connectivity index (χ1v) is 19.5. The quantitative estimate of drug-likeness (QED) is 0.0583. The van der Waals surface area contributed by atoms with Gasteiger partial charge in [-0.25, -0.2) is 4.79 Å². The van der Waals surface area contributed by atoms with Crippen LogP contribution in [0.15, 0.2) is 83.7 Å². The predicted molar refractivity (Wildman–Crippen MR) is 218 cm³/mol. The number of anilines is 2. The molecule has 3 amide bonds. The Labute approximate surface area is 321 Å². The molecule has 1 aromatic heterocycles. The van der Waals surface area contributed by atoms with Crippen LogP contribution < -0.4 is 26.1 Å². The number of piperidine rings is 1. The molecule has 1 aliphatic rings. The van der Waals surface area contributed by atoms with Gasteiger partial charge in [-0.3, -0.25) is 9.59 Å². The molecule has 2 heterocycles. The minimum atomic E-state index is -0.204. The predicted octanol–water partition coefficient (Wildman–Crippen LogP) is 7.12. The van der Waals surface area contributed by atoms with Crippen molar-refractivity contribution in [2.75, 3.05) is 36.8 Å². The van der Waals surface area contributed by atoms with Crippen molar-refractivity contribution in [2.24, 2.45) is 0 Å².